The molecule has 0 aliphatic heterocycles. The second-order valence-electron chi connectivity index (χ2n) is 2.46. The average molecular weight is 127 g/mol. The molecule has 2 N–H and O–H groups in total. The van der Waals surface area contributed by atoms with Crippen molar-refractivity contribution in [2.24, 2.45) is 5.92 Å². The second-order valence-corrected chi connectivity index (χ2v) is 2.46. The molecule has 2 heteroatoms. The molecule has 9 heavy (non-hydrogen) atoms. The fourth-order valence-electron chi connectivity index (χ4n) is 1.12. The topological polar surface area (TPSA) is 32.3 Å². The van der Waals surface area contributed by atoms with Gasteiger partial charge in [0.05, 0.1) is 0 Å². The summed E-state index contributed by atoms with van der Waals surface area (Å²) >= 11 is 0. The first-order valence-electron chi connectivity index (χ1n) is 3.33. The summed E-state index contributed by atoms with van der Waals surface area (Å²) in [6.07, 6.45) is 5.23. The third kappa shape index (κ3) is 1.53. The van der Waals surface area contributed by atoms with Crippen LogP contribution < -0.4 is 5.32 Å². The Morgan fingerprint density at radius 2 is 2.44 bits per heavy atom. The van der Waals surface area contributed by atoms with E-state index in [1.807, 2.05) is 7.05 Å². The summed E-state index contributed by atoms with van der Waals surface area (Å²) in [5, 5.41) is 11.8. The monoisotopic (exact) mass is 127 g/mol. The van der Waals surface area contributed by atoms with Crippen molar-refractivity contribution in [2.45, 2.75) is 12.5 Å². The predicted molar refractivity (Wildman–Crippen MR) is 37.2 cm³/mol. The van der Waals surface area contributed by atoms with Crippen LogP contribution in [0.1, 0.15) is 6.42 Å². The van der Waals surface area contributed by atoms with Crippen LogP contribution in [0.5, 0.6) is 0 Å². The lowest BCUT2D eigenvalue weighted by Crippen LogP contribution is -2.21. The molecule has 1 aliphatic carbocycles. The number of hydrogen-bond acceptors (Lipinski definition) is 2. The van der Waals surface area contributed by atoms with Crippen LogP contribution in [0.4, 0.5) is 0 Å². The predicted octanol–water partition coefficient (Wildman–Crippen LogP) is 0.143. The van der Waals surface area contributed by atoms with Crippen molar-refractivity contribution in [1.29, 1.82) is 0 Å². The Balaban J connectivity index is 2.31. The molecule has 0 amide bonds. The van der Waals surface area contributed by atoms with Crippen molar-refractivity contribution in [3.05, 3.63) is 12.2 Å². The Bertz CT molecular complexity index is 99.5. The molecule has 0 saturated heterocycles. The van der Waals surface area contributed by atoms with Crippen LogP contribution in [0, 0.1) is 5.92 Å². The molecule has 1 rings (SSSR count). The van der Waals surface area contributed by atoms with E-state index in [0.29, 0.717) is 12.0 Å². The first kappa shape index (κ1) is 6.78. The largest absolute Gasteiger partial charge is 0.396 e. The van der Waals surface area contributed by atoms with E-state index in [1.54, 1.807) is 0 Å². The van der Waals surface area contributed by atoms with Crippen LogP contribution in [0.2, 0.25) is 0 Å². The molecular formula is C7H13NO. The quantitative estimate of drug-likeness (QED) is 0.517. The second kappa shape index (κ2) is 2.99. The van der Waals surface area contributed by atoms with Gasteiger partial charge in [0.25, 0.3) is 0 Å². The number of nitrogens with one attached hydrogen (secondary N) is 1. The summed E-state index contributed by atoms with van der Waals surface area (Å²) in [6, 6.07) is 0.488. The molecule has 0 saturated carbocycles. The van der Waals surface area contributed by atoms with E-state index < -0.39 is 0 Å². The molecule has 0 radical (unpaired) electrons. The number of likely N-dealkylation sites (N-methyl/N-ethyl adjacent to an activating group) is 1. The van der Waals surface area contributed by atoms with Crippen LogP contribution >= 0.6 is 0 Å². The molecule has 2 nitrogen and oxygen atoms in total. The smallest absolute Gasteiger partial charge is 0.0494 e. The van der Waals surface area contributed by atoms with Crippen LogP contribution in [-0.4, -0.2) is 24.8 Å². The van der Waals surface area contributed by atoms with Crippen molar-refractivity contribution >= 4 is 0 Å². The summed E-state index contributed by atoms with van der Waals surface area (Å²) in [5.74, 6) is 0.391. The van der Waals surface area contributed by atoms with E-state index >= 15 is 0 Å². The van der Waals surface area contributed by atoms with Crippen molar-refractivity contribution in [3.8, 4) is 0 Å². The molecule has 52 valence electrons. The molecule has 0 spiro atoms. The number of aliphatic hydroxyl groups excluding tert-OH is 1. The van der Waals surface area contributed by atoms with E-state index in [4.69, 9.17) is 5.11 Å². The summed E-state index contributed by atoms with van der Waals surface area (Å²) < 4.78 is 0. The van der Waals surface area contributed by atoms with Gasteiger partial charge in [0.2, 0.25) is 0 Å². The highest BCUT2D eigenvalue weighted by Crippen LogP contribution is 2.15. The van der Waals surface area contributed by atoms with Gasteiger partial charge in [-0.25, -0.2) is 0 Å². The molecule has 0 bridgehead atoms. The van der Waals surface area contributed by atoms with Gasteiger partial charge in [0.15, 0.2) is 0 Å². The minimum atomic E-state index is 0.286. The lowest BCUT2D eigenvalue weighted by Gasteiger charge is -2.07. The minimum absolute atomic E-state index is 0.286. The maximum atomic E-state index is 8.70. The summed E-state index contributed by atoms with van der Waals surface area (Å²) in [4.78, 5) is 0. The molecule has 0 heterocycles. The van der Waals surface area contributed by atoms with Crippen LogP contribution in [0.25, 0.3) is 0 Å². The third-order valence-corrected chi connectivity index (χ3v) is 1.78. The number of aliphatic hydroxyl groups is 1. The van der Waals surface area contributed by atoms with Gasteiger partial charge in [-0.05, 0) is 13.5 Å². The van der Waals surface area contributed by atoms with Gasteiger partial charge in [-0.2, -0.15) is 0 Å². The Kier molecular flexibility index (Phi) is 2.25. The van der Waals surface area contributed by atoms with Crippen molar-refractivity contribution in [2.75, 3.05) is 13.7 Å². The number of rotatable bonds is 2. The Morgan fingerprint density at radius 1 is 1.67 bits per heavy atom. The minimum Gasteiger partial charge on any atom is -0.396 e. The zero-order chi connectivity index (χ0) is 6.69. The SMILES string of the molecule is CN[C@@H]1C=C[C@H](CO)C1. The van der Waals surface area contributed by atoms with Gasteiger partial charge in [-0.1, -0.05) is 12.2 Å². The maximum absolute atomic E-state index is 8.70. The average Bonchev–Trinajstić information content (AvgIpc) is 2.34. The summed E-state index contributed by atoms with van der Waals surface area (Å²) in [5.41, 5.74) is 0. The van der Waals surface area contributed by atoms with Gasteiger partial charge in [-0.3, -0.25) is 0 Å². The van der Waals surface area contributed by atoms with Crippen molar-refractivity contribution in [3.63, 3.8) is 0 Å². The standard InChI is InChI=1S/C7H13NO/c1-8-7-3-2-6(4-7)5-9/h2-3,6-9H,4-5H2,1H3/t6-,7+/m0/s1. The molecule has 1 aliphatic rings. The van der Waals surface area contributed by atoms with E-state index in [-0.39, 0.29) is 6.61 Å². The van der Waals surface area contributed by atoms with E-state index in [9.17, 15) is 0 Å². The van der Waals surface area contributed by atoms with Gasteiger partial charge in [0, 0.05) is 18.6 Å². The fraction of sp³-hybridized carbons (Fsp3) is 0.714. The van der Waals surface area contributed by atoms with Gasteiger partial charge in [-0.15, -0.1) is 0 Å². The molecule has 0 aromatic heterocycles. The lowest BCUT2D eigenvalue weighted by molar-refractivity contribution is 0.247. The molecule has 0 unspecified atom stereocenters. The zero-order valence-corrected chi connectivity index (χ0v) is 5.67. The molecular weight excluding hydrogens is 114 g/mol. The molecule has 0 fully saturated rings. The first-order chi connectivity index (χ1) is 4.36. The first-order valence-corrected chi connectivity index (χ1v) is 3.33. The third-order valence-electron chi connectivity index (χ3n) is 1.78. The highest BCUT2D eigenvalue weighted by Gasteiger charge is 2.15. The highest BCUT2D eigenvalue weighted by atomic mass is 16.3. The Labute approximate surface area is 55.6 Å². The maximum Gasteiger partial charge on any atom is 0.0494 e. The lowest BCUT2D eigenvalue weighted by atomic mass is 10.1. The molecule has 2 atom stereocenters. The highest BCUT2D eigenvalue weighted by molar-refractivity contribution is 5.05. The molecule has 0 aromatic carbocycles. The Hall–Kier alpha value is -0.340. The normalized spacial score (nSPS) is 33.6. The van der Waals surface area contributed by atoms with Gasteiger partial charge < -0.3 is 10.4 Å². The number of hydrogen-bond donors (Lipinski definition) is 2. The van der Waals surface area contributed by atoms with Crippen LogP contribution in [-0.2, 0) is 0 Å². The van der Waals surface area contributed by atoms with E-state index in [0.717, 1.165) is 6.42 Å². The van der Waals surface area contributed by atoms with Gasteiger partial charge >= 0.3 is 0 Å². The van der Waals surface area contributed by atoms with Crippen molar-refractivity contribution in [1.82, 2.24) is 5.32 Å². The molecule has 0 aromatic rings. The van der Waals surface area contributed by atoms with Crippen molar-refractivity contribution < 1.29 is 5.11 Å². The Morgan fingerprint density at radius 3 is 2.78 bits per heavy atom. The zero-order valence-electron chi connectivity index (χ0n) is 5.67. The van der Waals surface area contributed by atoms with Crippen LogP contribution in [0.15, 0.2) is 12.2 Å². The van der Waals surface area contributed by atoms with Gasteiger partial charge in [0.1, 0.15) is 0 Å². The summed E-state index contributed by atoms with van der Waals surface area (Å²) in [6.45, 7) is 0.286. The van der Waals surface area contributed by atoms with Crippen LogP contribution in [0.3, 0.4) is 0 Å². The fourth-order valence-corrected chi connectivity index (χ4v) is 1.12. The van der Waals surface area contributed by atoms with E-state index in [1.165, 1.54) is 0 Å². The van der Waals surface area contributed by atoms with E-state index in [2.05, 4.69) is 17.5 Å². The summed E-state index contributed by atoms with van der Waals surface area (Å²) in [7, 11) is 1.94.